The Labute approximate surface area is 156 Å². The van der Waals surface area contributed by atoms with Crippen molar-refractivity contribution < 1.29 is 14.4 Å². The molecule has 2 amide bonds. The first kappa shape index (κ1) is 17.0. The maximum atomic E-state index is 12.4. The molecule has 136 valence electrons. The Bertz CT molecular complexity index is 1040. The van der Waals surface area contributed by atoms with Gasteiger partial charge in [-0.1, -0.05) is 30.3 Å². The third-order valence-electron chi connectivity index (χ3n) is 4.88. The molecule has 4 rings (SSSR count). The normalized spacial score (nSPS) is 16.0. The zero-order valence-electron chi connectivity index (χ0n) is 14.6. The van der Waals surface area contributed by atoms with Crippen LogP contribution >= 0.6 is 0 Å². The summed E-state index contributed by atoms with van der Waals surface area (Å²) in [6, 6.07) is 14.4. The van der Waals surface area contributed by atoms with Gasteiger partial charge in [-0.3, -0.25) is 14.4 Å². The fourth-order valence-corrected chi connectivity index (χ4v) is 3.55. The van der Waals surface area contributed by atoms with Gasteiger partial charge in [0, 0.05) is 34.6 Å². The highest BCUT2D eigenvalue weighted by atomic mass is 16.2. The Morgan fingerprint density at radius 3 is 2.81 bits per heavy atom. The van der Waals surface area contributed by atoms with Crippen molar-refractivity contribution in [2.45, 2.75) is 18.9 Å². The quantitative estimate of drug-likeness (QED) is 0.667. The molecule has 3 N–H and O–H groups in total. The summed E-state index contributed by atoms with van der Waals surface area (Å²) >= 11 is 0. The van der Waals surface area contributed by atoms with E-state index in [0.29, 0.717) is 24.0 Å². The highest BCUT2D eigenvalue weighted by molar-refractivity contribution is 6.07. The number of rotatable bonds is 4. The van der Waals surface area contributed by atoms with Crippen molar-refractivity contribution in [3.8, 4) is 0 Å². The molecule has 6 nitrogen and oxygen atoms in total. The molecule has 0 bridgehead atoms. The Morgan fingerprint density at radius 1 is 1.07 bits per heavy atom. The van der Waals surface area contributed by atoms with Gasteiger partial charge >= 0.3 is 0 Å². The van der Waals surface area contributed by atoms with Crippen LogP contribution in [0, 0.1) is 0 Å². The third-order valence-corrected chi connectivity index (χ3v) is 4.88. The maximum Gasteiger partial charge on any atom is 0.252 e. The summed E-state index contributed by atoms with van der Waals surface area (Å²) in [4.78, 5) is 39.8. The van der Waals surface area contributed by atoms with Crippen molar-refractivity contribution in [2.24, 2.45) is 0 Å². The summed E-state index contributed by atoms with van der Waals surface area (Å²) in [7, 11) is 0. The fourth-order valence-electron chi connectivity index (χ4n) is 3.55. The van der Waals surface area contributed by atoms with Crippen LogP contribution in [-0.4, -0.2) is 29.1 Å². The van der Waals surface area contributed by atoms with E-state index >= 15 is 0 Å². The van der Waals surface area contributed by atoms with Crippen LogP contribution in [0.25, 0.3) is 10.9 Å². The average molecular weight is 361 g/mol. The van der Waals surface area contributed by atoms with Gasteiger partial charge in [0.1, 0.15) is 0 Å². The second kappa shape index (κ2) is 7.07. The molecule has 0 radical (unpaired) electrons. The highest BCUT2D eigenvalue weighted by Crippen LogP contribution is 2.29. The molecule has 0 saturated heterocycles. The summed E-state index contributed by atoms with van der Waals surface area (Å²) in [5.74, 6) is -0.475. The van der Waals surface area contributed by atoms with E-state index in [4.69, 9.17) is 0 Å². The van der Waals surface area contributed by atoms with Crippen molar-refractivity contribution >= 4 is 28.5 Å². The highest BCUT2D eigenvalue weighted by Gasteiger charge is 2.26. The molecular weight excluding hydrogens is 342 g/mol. The van der Waals surface area contributed by atoms with Crippen molar-refractivity contribution in [3.63, 3.8) is 0 Å². The number of carbonyl (C=O) groups is 3. The van der Waals surface area contributed by atoms with E-state index in [1.54, 1.807) is 24.4 Å². The van der Waals surface area contributed by atoms with E-state index in [0.717, 1.165) is 16.5 Å². The number of ketones is 1. The molecule has 27 heavy (non-hydrogen) atoms. The molecule has 1 atom stereocenters. The first-order valence-corrected chi connectivity index (χ1v) is 8.89. The smallest absolute Gasteiger partial charge is 0.252 e. The monoisotopic (exact) mass is 361 g/mol. The van der Waals surface area contributed by atoms with E-state index in [1.807, 2.05) is 30.3 Å². The lowest BCUT2D eigenvalue weighted by molar-refractivity contribution is -0.121. The predicted molar refractivity (Wildman–Crippen MR) is 102 cm³/mol. The van der Waals surface area contributed by atoms with Gasteiger partial charge in [-0.2, -0.15) is 0 Å². The Balaban J connectivity index is 1.41. The minimum atomic E-state index is -0.297. The van der Waals surface area contributed by atoms with Crippen molar-refractivity contribution in [1.82, 2.24) is 15.6 Å². The molecule has 6 heteroatoms. The number of benzene rings is 2. The number of aromatic nitrogens is 1. The summed E-state index contributed by atoms with van der Waals surface area (Å²) in [5, 5.41) is 6.41. The number of amides is 2. The van der Waals surface area contributed by atoms with Gasteiger partial charge in [-0.15, -0.1) is 0 Å². The zero-order valence-corrected chi connectivity index (χ0v) is 14.6. The summed E-state index contributed by atoms with van der Waals surface area (Å²) in [6.45, 7) is -0.119. The molecule has 1 aliphatic rings. The minimum Gasteiger partial charge on any atom is -0.361 e. The molecule has 1 heterocycles. The standard InChI is InChI=1S/C21H19N3O3/c25-19-9-8-18(13-4-1-2-5-15(13)19)24-20(26)12-23-21(27)16-6-3-7-17-14(16)10-11-22-17/h1-7,10-11,18,22H,8-9,12H2,(H,23,27)(H,24,26). The summed E-state index contributed by atoms with van der Waals surface area (Å²) < 4.78 is 0. The van der Waals surface area contributed by atoms with Crippen molar-refractivity contribution in [2.75, 3.05) is 6.54 Å². The van der Waals surface area contributed by atoms with Crippen LogP contribution in [0.5, 0.6) is 0 Å². The maximum absolute atomic E-state index is 12.4. The summed E-state index contributed by atoms with van der Waals surface area (Å²) in [5.41, 5.74) is 2.90. The molecule has 1 unspecified atom stereocenters. The number of hydrogen-bond acceptors (Lipinski definition) is 3. The topological polar surface area (TPSA) is 91.1 Å². The molecule has 1 aliphatic carbocycles. The van der Waals surface area contributed by atoms with Crippen LogP contribution in [0.15, 0.2) is 54.7 Å². The Morgan fingerprint density at radius 2 is 1.93 bits per heavy atom. The molecule has 0 saturated carbocycles. The van der Waals surface area contributed by atoms with Crippen molar-refractivity contribution in [1.29, 1.82) is 0 Å². The number of nitrogens with one attached hydrogen (secondary N) is 3. The van der Waals surface area contributed by atoms with Gasteiger partial charge in [0.25, 0.3) is 5.91 Å². The predicted octanol–water partition coefficient (Wildman–Crippen LogP) is 2.73. The Kier molecular flexibility index (Phi) is 4.46. The zero-order chi connectivity index (χ0) is 18.8. The van der Waals surface area contributed by atoms with Crippen LogP contribution in [0.4, 0.5) is 0 Å². The first-order valence-electron chi connectivity index (χ1n) is 8.89. The number of hydrogen-bond donors (Lipinski definition) is 3. The molecule has 3 aromatic rings. The van der Waals surface area contributed by atoms with E-state index in [-0.39, 0.29) is 30.2 Å². The van der Waals surface area contributed by atoms with Crippen LogP contribution in [-0.2, 0) is 4.79 Å². The van der Waals surface area contributed by atoms with Crippen LogP contribution in [0.3, 0.4) is 0 Å². The lowest BCUT2D eigenvalue weighted by Crippen LogP contribution is -2.40. The second-order valence-corrected chi connectivity index (χ2v) is 6.60. The molecule has 0 fully saturated rings. The van der Waals surface area contributed by atoms with Gasteiger partial charge in [0.05, 0.1) is 12.6 Å². The number of H-pyrrole nitrogens is 1. The minimum absolute atomic E-state index is 0.101. The van der Waals surface area contributed by atoms with Gasteiger partial charge in [-0.25, -0.2) is 0 Å². The molecular formula is C21H19N3O3. The van der Waals surface area contributed by atoms with Gasteiger partial charge < -0.3 is 15.6 Å². The van der Waals surface area contributed by atoms with E-state index in [1.165, 1.54) is 0 Å². The van der Waals surface area contributed by atoms with E-state index in [2.05, 4.69) is 15.6 Å². The SMILES string of the molecule is O=C(CNC(=O)c1cccc2[nH]ccc12)NC1CCC(=O)c2ccccc21. The van der Waals surface area contributed by atoms with Gasteiger partial charge in [-0.05, 0) is 30.2 Å². The summed E-state index contributed by atoms with van der Waals surface area (Å²) in [6.07, 6.45) is 2.75. The number of fused-ring (bicyclic) bond motifs is 2. The van der Waals surface area contributed by atoms with Gasteiger partial charge in [0.15, 0.2) is 5.78 Å². The fraction of sp³-hybridized carbons (Fsp3) is 0.190. The van der Waals surface area contributed by atoms with Crippen LogP contribution < -0.4 is 10.6 Å². The molecule has 0 aliphatic heterocycles. The van der Waals surface area contributed by atoms with Gasteiger partial charge in [0.2, 0.25) is 5.91 Å². The number of carbonyl (C=O) groups excluding carboxylic acids is 3. The second-order valence-electron chi connectivity index (χ2n) is 6.60. The number of Topliss-reactive ketones (excluding diaryl/α,β-unsaturated/α-hetero) is 1. The van der Waals surface area contributed by atoms with Crippen LogP contribution in [0.1, 0.15) is 45.2 Å². The molecule has 2 aromatic carbocycles. The van der Waals surface area contributed by atoms with Crippen LogP contribution in [0.2, 0.25) is 0 Å². The third kappa shape index (κ3) is 3.33. The largest absolute Gasteiger partial charge is 0.361 e. The van der Waals surface area contributed by atoms with Crippen molar-refractivity contribution in [3.05, 3.63) is 71.4 Å². The Hall–Kier alpha value is -3.41. The van der Waals surface area contributed by atoms with E-state index in [9.17, 15) is 14.4 Å². The first-order chi connectivity index (χ1) is 13.1. The average Bonchev–Trinajstić information content (AvgIpc) is 3.17. The number of aromatic amines is 1. The van der Waals surface area contributed by atoms with E-state index < -0.39 is 0 Å². The lowest BCUT2D eigenvalue weighted by atomic mass is 9.87. The molecule has 0 spiro atoms. The lowest BCUT2D eigenvalue weighted by Gasteiger charge is -2.25. The molecule has 1 aromatic heterocycles.